The van der Waals surface area contributed by atoms with Crippen molar-refractivity contribution in [3.8, 4) is 0 Å². The summed E-state index contributed by atoms with van der Waals surface area (Å²) in [6.07, 6.45) is 8.94. The average molecular weight is 720 g/mol. The molecular weight excluding hydrogens is 650 g/mol. The van der Waals surface area contributed by atoms with Crippen molar-refractivity contribution < 1.29 is 28.8 Å². The van der Waals surface area contributed by atoms with E-state index in [1.165, 1.54) is 0 Å². The number of carbonyl (C=O) groups excluding carboxylic acids is 4. The zero-order chi connectivity index (χ0) is 39.1. The summed E-state index contributed by atoms with van der Waals surface area (Å²) in [6.45, 7) is 26.3. The molecule has 0 fully saturated rings. The summed E-state index contributed by atoms with van der Waals surface area (Å²) >= 11 is 0. The van der Waals surface area contributed by atoms with Gasteiger partial charge in [0.05, 0.1) is 29.1 Å². The molecule has 0 aliphatic carbocycles. The van der Waals surface area contributed by atoms with E-state index in [0.717, 1.165) is 56.8 Å². The molecule has 2 unspecified atom stereocenters. The van der Waals surface area contributed by atoms with Crippen LogP contribution in [0.1, 0.15) is 181 Å². The third kappa shape index (κ3) is 7.44. The zero-order valence-corrected chi connectivity index (χ0v) is 34.6. The smallest absolute Gasteiger partial charge is 0.336 e. The van der Waals surface area contributed by atoms with E-state index in [0.29, 0.717) is 53.9 Å². The molecule has 0 N–H and O–H groups in total. The maximum atomic E-state index is 15.1. The molecule has 7 heteroatoms. The monoisotopic (exact) mass is 720 g/mol. The number of imide groups is 1. The van der Waals surface area contributed by atoms with E-state index in [9.17, 15) is 14.4 Å². The molecule has 2 aromatic carbocycles. The van der Waals surface area contributed by atoms with Gasteiger partial charge >= 0.3 is 11.9 Å². The second-order valence-corrected chi connectivity index (χ2v) is 16.4. The molecular formula is C45H69NO6. The van der Waals surface area contributed by atoms with Crippen LogP contribution in [0.4, 0.5) is 0 Å². The topological polar surface area (TPSA) is 90.0 Å². The Morgan fingerprint density at radius 3 is 1.65 bits per heavy atom. The van der Waals surface area contributed by atoms with Crippen LogP contribution < -0.4 is 0 Å². The van der Waals surface area contributed by atoms with Crippen LogP contribution in [-0.4, -0.2) is 35.4 Å². The van der Waals surface area contributed by atoms with Crippen LogP contribution >= 0.6 is 0 Å². The quantitative estimate of drug-likeness (QED) is 0.0725. The van der Waals surface area contributed by atoms with Crippen molar-refractivity contribution in [3.63, 3.8) is 0 Å². The molecule has 1 aliphatic heterocycles. The highest BCUT2D eigenvalue weighted by molar-refractivity contribution is 6.25. The lowest BCUT2D eigenvalue weighted by Crippen LogP contribution is -2.56. The fourth-order valence-corrected chi connectivity index (χ4v) is 9.73. The number of unbranched alkanes of at least 4 members (excludes halogenated alkanes) is 1. The first-order chi connectivity index (χ1) is 24.6. The first kappa shape index (κ1) is 43.2. The van der Waals surface area contributed by atoms with Gasteiger partial charge in [-0.3, -0.25) is 14.4 Å². The Bertz CT molecular complexity index is 1510. The van der Waals surface area contributed by atoms with Gasteiger partial charge in [-0.25, -0.2) is 4.79 Å². The van der Waals surface area contributed by atoms with Crippen molar-refractivity contribution in [2.24, 2.45) is 33.0 Å². The van der Waals surface area contributed by atoms with Crippen molar-refractivity contribution in [1.29, 1.82) is 0 Å². The Labute approximate surface area is 314 Å². The Balaban J connectivity index is 2.26. The first-order valence-electron chi connectivity index (χ1n) is 20.4. The summed E-state index contributed by atoms with van der Waals surface area (Å²) in [5.74, 6) is -2.64. The van der Waals surface area contributed by atoms with E-state index in [1.807, 2.05) is 12.1 Å². The Morgan fingerprint density at radius 2 is 1.23 bits per heavy atom. The van der Waals surface area contributed by atoms with E-state index in [1.54, 1.807) is 24.3 Å². The SMILES string of the molecule is CCCCOC(=O)C(C)(CC(CC)(CC)C(CC)(CC)C(CC(C)(CC)CC)C(=O)ON1C(=O)c2cccc3cccc(c23)C1=O)C(C)(CC)CC. The third-order valence-corrected chi connectivity index (χ3v) is 14.7. The maximum Gasteiger partial charge on any atom is 0.336 e. The Kier molecular flexibility index (Phi) is 14.4. The van der Waals surface area contributed by atoms with Crippen LogP contribution in [0.25, 0.3) is 10.8 Å². The van der Waals surface area contributed by atoms with E-state index >= 15 is 4.79 Å². The number of ether oxygens (including phenoxy) is 1. The molecule has 1 aliphatic rings. The van der Waals surface area contributed by atoms with Crippen LogP contribution in [0.15, 0.2) is 36.4 Å². The summed E-state index contributed by atoms with van der Waals surface area (Å²) in [5.41, 5.74) is -1.82. The van der Waals surface area contributed by atoms with Gasteiger partial charge in [0.25, 0.3) is 11.8 Å². The van der Waals surface area contributed by atoms with Gasteiger partial charge in [-0.2, -0.15) is 0 Å². The van der Waals surface area contributed by atoms with Gasteiger partial charge in [0.1, 0.15) is 0 Å². The first-order valence-corrected chi connectivity index (χ1v) is 20.4. The lowest BCUT2D eigenvalue weighted by atomic mass is 9.45. The highest BCUT2D eigenvalue weighted by atomic mass is 16.7. The van der Waals surface area contributed by atoms with Crippen molar-refractivity contribution in [2.75, 3.05) is 6.61 Å². The van der Waals surface area contributed by atoms with E-state index in [4.69, 9.17) is 9.57 Å². The minimum absolute atomic E-state index is 0.164. The van der Waals surface area contributed by atoms with Gasteiger partial charge in [0.2, 0.25) is 0 Å². The predicted octanol–water partition coefficient (Wildman–Crippen LogP) is 11.9. The fourth-order valence-electron chi connectivity index (χ4n) is 9.73. The normalized spacial score (nSPS) is 15.8. The summed E-state index contributed by atoms with van der Waals surface area (Å²) in [6, 6.07) is 10.7. The van der Waals surface area contributed by atoms with Crippen molar-refractivity contribution >= 4 is 34.5 Å². The molecule has 2 amide bonds. The molecule has 2 aromatic rings. The second-order valence-electron chi connectivity index (χ2n) is 16.4. The molecule has 290 valence electrons. The highest BCUT2D eigenvalue weighted by Gasteiger charge is 2.61. The zero-order valence-electron chi connectivity index (χ0n) is 34.6. The Morgan fingerprint density at radius 1 is 0.712 bits per heavy atom. The number of carbonyl (C=O) groups is 4. The largest absolute Gasteiger partial charge is 0.465 e. The molecule has 0 saturated carbocycles. The van der Waals surface area contributed by atoms with E-state index in [2.05, 4.69) is 83.1 Å². The number of hydrogen-bond acceptors (Lipinski definition) is 6. The number of hydroxylamine groups is 2. The lowest BCUT2D eigenvalue weighted by molar-refractivity contribution is -0.195. The molecule has 2 atom stereocenters. The van der Waals surface area contributed by atoms with Gasteiger partial charge < -0.3 is 9.57 Å². The molecule has 0 aromatic heterocycles. The predicted molar refractivity (Wildman–Crippen MR) is 211 cm³/mol. The molecule has 3 rings (SSSR count). The second kappa shape index (κ2) is 17.3. The van der Waals surface area contributed by atoms with Crippen molar-refractivity contribution in [3.05, 3.63) is 47.5 Å². The molecule has 0 bridgehead atoms. The molecule has 7 nitrogen and oxygen atoms in total. The minimum Gasteiger partial charge on any atom is -0.465 e. The van der Waals surface area contributed by atoms with Gasteiger partial charge in [0.15, 0.2) is 0 Å². The standard InChI is InChI=1S/C45H69NO6/c1-13-22-29-51-40(50)43(12,42(11,16-4)17-5)31-44(18-6,19-7)45(20-8,21-9)35(30-41(10,14-2)15-3)39(49)52-46-37(47)33-27-23-25-32-26-24-28-34(36(32)33)38(46)48/h23-28,35H,13-22,29-31H2,1-12H3. The van der Waals surface area contributed by atoms with Crippen LogP contribution in [0.3, 0.4) is 0 Å². The summed E-state index contributed by atoms with van der Waals surface area (Å²) in [7, 11) is 0. The number of amides is 2. The lowest BCUT2D eigenvalue weighted by Gasteiger charge is -2.59. The number of esters is 1. The van der Waals surface area contributed by atoms with Gasteiger partial charge in [0, 0.05) is 5.39 Å². The summed E-state index contributed by atoms with van der Waals surface area (Å²) in [5, 5.41) is 2.08. The third-order valence-electron chi connectivity index (χ3n) is 14.7. The van der Waals surface area contributed by atoms with Crippen LogP contribution in [0.2, 0.25) is 0 Å². The minimum atomic E-state index is -0.833. The Hall–Kier alpha value is -3.22. The summed E-state index contributed by atoms with van der Waals surface area (Å²) in [4.78, 5) is 63.7. The highest BCUT2D eigenvalue weighted by Crippen LogP contribution is 2.64. The molecule has 52 heavy (non-hydrogen) atoms. The van der Waals surface area contributed by atoms with E-state index < -0.39 is 39.9 Å². The van der Waals surface area contributed by atoms with E-state index in [-0.39, 0.29) is 16.8 Å². The van der Waals surface area contributed by atoms with Gasteiger partial charge in [-0.15, -0.1) is 0 Å². The average Bonchev–Trinajstić information content (AvgIpc) is 3.17. The van der Waals surface area contributed by atoms with Crippen molar-refractivity contribution in [1.82, 2.24) is 5.06 Å². The molecule has 0 radical (unpaired) electrons. The van der Waals surface area contributed by atoms with Crippen molar-refractivity contribution in [2.45, 2.75) is 160 Å². The van der Waals surface area contributed by atoms with Gasteiger partial charge in [-0.05, 0) is 104 Å². The van der Waals surface area contributed by atoms with Crippen LogP contribution in [0, 0.1) is 33.0 Å². The van der Waals surface area contributed by atoms with Crippen LogP contribution in [0.5, 0.6) is 0 Å². The fraction of sp³-hybridized carbons (Fsp3) is 0.689. The number of rotatable bonds is 21. The maximum absolute atomic E-state index is 15.1. The molecule has 0 saturated heterocycles. The summed E-state index contributed by atoms with van der Waals surface area (Å²) < 4.78 is 6.10. The van der Waals surface area contributed by atoms with Gasteiger partial charge in [-0.1, -0.05) is 125 Å². The molecule has 1 heterocycles. The van der Waals surface area contributed by atoms with Crippen LogP contribution in [-0.2, 0) is 19.2 Å². The number of benzene rings is 2. The number of hydrogen-bond donors (Lipinski definition) is 0. The number of nitrogens with zero attached hydrogens (tertiary/aromatic N) is 1. The molecule has 0 spiro atoms.